The van der Waals surface area contributed by atoms with Gasteiger partial charge in [-0.25, -0.2) is 4.79 Å². The van der Waals surface area contributed by atoms with Gasteiger partial charge in [-0.15, -0.1) is 11.6 Å². The predicted octanol–water partition coefficient (Wildman–Crippen LogP) is 2.37. The van der Waals surface area contributed by atoms with E-state index in [2.05, 4.69) is 10.2 Å². The molecular formula is C16H20Cl2N2O3. The number of hydrogen-bond donors (Lipinski definition) is 1. The molecule has 1 aromatic rings. The maximum Gasteiger partial charge on any atom is 0.331 e. The average molecular weight is 359 g/mol. The maximum absolute atomic E-state index is 12.5. The quantitative estimate of drug-likeness (QED) is 0.663. The van der Waals surface area contributed by atoms with Gasteiger partial charge in [0.1, 0.15) is 10.9 Å². The molecule has 1 aromatic carbocycles. The third kappa shape index (κ3) is 3.97. The molecule has 1 unspecified atom stereocenters. The van der Waals surface area contributed by atoms with Gasteiger partial charge < -0.3 is 15.0 Å². The molecule has 1 N–H and O–H groups in total. The van der Waals surface area contributed by atoms with Crippen LogP contribution >= 0.6 is 23.2 Å². The number of benzene rings is 1. The molecule has 1 atom stereocenters. The SMILES string of the molecule is COC(=O)C1(NC(=O)C(Cl)c2ccccc2Cl)CCN(C)CC1. The Morgan fingerprint density at radius 2 is 1.91 bits per heavy atom. The summed E-state index contributed by atoms with van der Waals surface area (Å²) in [4.78, 5) is 26.9. The van der Waals surface area contributed by atoms with Crippen LogP contribution in [0.1, 0.15) is 23.8 Å². The summed E-state index contributed by atoms with van der Waals surface area (Å²) in [6.07, 6.45) is 0.960. The second-order valence-corrected chi connectivity index (χ2v) is 6.59. The molecular weight excluding hydrogens is 339 g/mol. The lowest BCUT2D eigenvalue weighted by Crippen LogP contribution is -2.60. The molecule has 0 aliphatic carbocycles. The normalized spacial score (nSPS) is 19.0. The molecule has 126 valence electrons. The van der Waals surface area contributed by atoms with Crippen molar-refractivity contribution in [3.8, 4) is 0 Å². The molecule has 1 fully saturated rings. The number of methoxy groups -OCH3 is 1. The summed E-state index contributed by atoms with van der Waals surface area (Å²) in [5.41, 5.74) is -0.520. The first-order valence-corrected chi connectivity index (χ1v) is 8.18. The van der Waals surface area contributed by atoms with Gasteiger partial charge in [-0.3, -0.25) is 4.79 Å². The van der Waals surface area contributed by atoms with Crippen molar-refractivity contribution in [2.45, 2.75) is 23.8 Å². The molecule has 1 aliphatic heterocycles. The first-order valence-electron chi connectivity index (χ1n) is 7.37. The number of nitrogens with one attached hydrogen (secondary N) is 1. The largest absolute Gasteiger partial charge is 0.467 e. The summed E-state index contributed by atoms with van der Waals surface area (Å²) in [5, 5.41) is 2.25. The number of ether oxygens (including phenoxy) is 1. The second-order valence-electron chi connectivity index (χ2n) is 5.75. The molecule has 7 heteroatoms. The van der Waals surface area contributed by atoms with Crippen molar-refractivity contribution in [2.24, 2.45) is 0 Å². The van der Waals surface area contributed by atoms with Crippen LogP contribution in [0.15, 0.2) is 24.3 Å². The lowest BCUT2D eigenvalue weighted by Gasteiger charge is -2.39. The average Bonchev–Trinajstić information content (AvgIpc) is 2.56. The number of hydrogen-bond acceptors (Lipinski definition) is 4. The number of carbonyl (C=O) groups excluding carboxylic acids is 2. The zero-order valence-corrected chi connectivity index (χ0v) is 14.7. The van der Waals surface area contributed by atoms with E-state index in [4.69, 9.17) is 27.9 Å². The minimum Gasteiger partial charge on any atom is -0.467 e. The van der Waals surface area contributed by atoms with Gasteiger partial charge in [-0.2, -0.15) is 0 Å². The van der Waals surface area contributed by atoms with Crippen molar-refractivity contribution in [3.05, 3.63) is 34.9 Å². The number of likely N-dealkylation sites (tertiary alicyclic amines) is 1. The number of piperidine rings is 1. The van der Waals surface area contributed by atoms with Gasteiger partial charge in [-0.05, 0) is 31.5 Å². The Hall–Kier alpha value is -1.30. The predicted molar refractivity (Wildman–Crippen MR) is 89.7 cm³/mol. The Bertz CT molecular complexity index is 586. The fraction of sp³-hybridized carbons (Fsp3) is 0.500. The Labute approximate surface area is 145 Å². The number of rotatable bonds is 4. The molecule has 0 radical (unpaired) electrons. The van der Waals surface area contributed by atoms with Crippen LogP contribution in [0.3, 0.4) is 0 Å². The van der Waals surface area contributed by atoms with Crippen LogP contribution < -0.4 is 5.32 Å². The summed E-state index contributed by atoms with van der Waals surface area (Å²) in [7, 11) is 3.29. The van der Waals surface area contributed by atoms with Gasteiger partial charge in [0.05, 0.1) is 7.11 Å². The molecule has 1 heterocycles. The lowest BCUT2D eigenvalue weighted by atomic mass is 9.87. The van der Waals surface area contributed by atoms with Crippen LogP contribution in [0.2, 0.25) is 5.02 Å². The van der Waals surface area contributed by atoms with Crippen LogP contribution in [0.5, 0.6) is 0 Å². The molecule has 5 nitrogen and oxygen atoms in total. The highest BCUT2D eigenvalue weighted by Crippen LogP contribution is 2.30. The van der Waals surface area contributed by atoms with Crippen LogP contribution in [-0.2, 0) is 14.3 Å². The number of halogens is 2. The van der Waals surface area contributed by atoms with Crippen molar-refractivity contribution in [2.75, 3.05) is 27.2 Å². The monoisotopic (exact) mass is 358 g/mol. The third-order valence-electron chi connectivity index (χ3n) is 4.19. The molecule has 0 aromatic heterocycles. The smallest absolute Gasteiger partial charge is 0.331 e. The van der Waals surface area contributed by atoms with Crippen molar-refractivity contribution in [1.29, 1.82) is 0 Å². The number of esters is 1. The second kappa shape index (κ2) is 7.51. The maximum atomic E-state index is 12.5. The van der Waals surface area contributed by atoms with Gasteiger partial charge >= 0.3 is 5.97 Å². The summed E-state index contributed by atoms with van der Waals surface area (Å²) in [6.45, 7) is 1.38. The fourth-order valence-electron chi connectivity index (χ4n) is 2.70. The molecule has 1 saturated heterocycles. The minimum atomic E-state index is -1.03. The van der Waals surface area contributed by atoms with Gasteiger partial charge in [-0.1, -0.05) is 29.8 Å². The van der Waals surface area contributed by atoms with E-state index in [1.165, 1.54) is 7.11 Å². The summed E-state index contributed by atoms with van der Waals surface area (Å²) in [5.74, 6) is -0.892. The molecule has 1 amide bonds. The molecule has 2 rings (SSSR count). The first-order chi connectivity index (χ1) is 10.9. The number of carbonyl (C=O) groups is 2. The Kier molecular flexibility index (Phi) is 5.89. The van der Waals surface area contributed by atoms with E-state index in [0.29, 0.717) is 36.5 Å². The molecule has 1 aliphatic rings. The van der Waals surface area contributed by atoms with Crippen LogP contribution in [-0.4, -0.2) is 49.6 Å². The molecule has 0 spiro atoms. The molecule has 0 bridgehead atoms. The van der Waals surface area contributed by atoms with Gasteiger partial charge in [0, 0.05) is 18.1 Å². The zero-order valence-electron chi connectivity index (χ0n) is 13.1. The standard InChI is InChI=1S/C16H20Cl2N2O3/c1-20-9-7-16(8-10-20,15(22)23-2)19-14(21)13(18)11-5-3-4-6-12(11)17/h3-6,13H,7-10H2,1-2H3,(H,19,21). The van der Waals surface area contributed by atoms with Crippen LogP contribution in [0.4, 0.5) is 0 Å². The first kappa shape index (κ1) is 18.0. The van der Waals surface area contributed by atoms with Crippen molar-refractivity contribution in [1.82, 2.24) is 10.2 Å². The van der Waals surface area contributed by atoms with E-state index >= 15 is 0 Å². The van der Waals surface area contributed by atoms with Crippen molar-refractivity contribution < 1.29 is 14.3 Å². The Morgan fingerprint density at radius 1 is 1.30 bits per heavy atom. The summed E-state index contributed by atoms with van der Waals surface area (Å²) < 4.78 is 4.90. The highest BCUT2D eigenvalue weighted by atomic mass is 35.5. The van der Waals surface area contributed by atoms with Gasteiger partial charge in [0.2, 0.25) is 5.91 Å². The zero-order chi connectivity index (χ0) is 17.0. The Balaban J connectivity index is 2.18. The van der Waals surface area contributed by atoms with E-state index in [1.807, 2.05) is 7.05 Å². The highest BCUT2D eigenvalue weighted by molar-refractivity contribution is 6.36. The number of alkyl halides is 1. The van der Waals surface area contributed by atoms with Crippen LogP contribution in [0, 0.1) is 0 Å². The van der Waals surface area contributed by atoms with E-state index < -0.39 is 22.8 Å². The van der Waals surface area contributed by atoms with E-state index in [0.717, 1.165) is 0 Å². The molecule has 23 heavy (non-hydrogen) atoms. The minimum absolute atomic E-state index is 0.415. The number of nitrogens with zero attached hydrogens (tertiary/aromatic N) is 1. The molecule has 0 saturated carbocycles. The van der Waals surface area contributed by atoms with Gasteiger partial charge in [0.25, 0.3) is 0 Å². The van der Waals surface area contributed by atoms with E-state index in [9.17, 15) is 9.59 Å². The van der Waals surface area contributed by atoms with E-state index in [1.54, 1.807) is 24.3 Å². The summed E-state index contributed by atoms with van der Waals surface area (Å²) in [6, 6.07) is 6.89. The lowest BCUT2D eigenvalue weighted by molar-refractivity contribution is -0.153. The van der Waals surface area contributed by atoms with Crippen LogP contribution in [0.25, 0.3) is 0 Å². The highest BCUT2D eigenvalue weighted by Gasteiger charge is 2.44. The third-order valence-corrected chi connectivity index (χ3v) is 4.97. The number of amides is 1. The fourth-order valence-corrected chi connectivity index (χ4v) is 3.24. The van der Waals surface area contributed by atoms with Crippen molar-refractivity contribution in [3.63, 3.8) is 0 Å². The topological polar surface area (TPSA) is 58.6 Å². The van der Waals surface area contributed by atoms with Crippen molar-refractivity contribution >= 4 is 35.1 Å². The van der Waals surface area contributed by atoms with E-state index in [-0.39, 0.29) is 0 Å². The van der Waals surface area contributed by atoms with Gasteiger partial charge in [0.15, 0.2) is 0 Å². The summed E-state index contributed by atoms with van der Waals surface area (Å²) >= 11 is 12.3. The Morgan fingerprint density at radius 3 is 2.48 bits per heavy atom.